The second-order valence-electron chi connectivity index (χ2n) is 8.20. The monoisotopic (exact) mass is 432 g/mol. The Morgan fingerprint density at radius 3 is 2.16 bits per heavy atom. The number of nitrogens with zero attached hydrogens (tertiary/aromatic N) is 2. The molecule has 0 aliphatic carbocycles. The Morgan fingerprint density at radius 1 is 0.871 bits per heavy atom. The molecule has 0 N–H and O–H groups in total. The minimum atomic E-state index is -1.10. The molecule has 6 heteroatoms. The van der Waals surface area contributed by atoms with E-state index in [4.69, 9.17) is 16.4 Å². The summed E-state index contributed by atoms with van der Waals surface area (Å²) in [7, 11) is 0. The van der Waals surface area contributed by atoms with Crippen molar-refractivity contribution in [1.82, 2.24) is 0 Å². The fourth-order valence-electron chi connectivity index (χ4n) is 4.51. The lowest BCUT2D eigenvalue weighted by Gasteiger charge is -2.32. The first-order chi connectivity index (χ1) is 14.9. The molecule has 5 rings (SSSR count). The van der Waals surface area contributed by atoms with Crippen LogP contribution in [0.3, 0.4) is 0 Å². The number of anilines is 2. The molecule has 156 valence electrons. The lowest BCUT2D eigenvalue weighted by molar-refractivity contribution is -0.128. The van der Waals surface area contributed by atoms with E-state index in [9.17, 15) is 9.59 Å². The topological polar surface area (TPSA) is 49.9 Å². The Hall–Kier alpha value is -3.15. The van der Waals surface area contributed by atoms with Gasteiger partial charge in [0, 0.05) is 5.02 Å². The van der Waals surface area contributed by atoms with E-state index in [0.29, 0.717) is 10.7 Å². The van der Waals surface area contributed by atoms with E-state index in [-0.39, 0.29) is 11.8 Å². The summed E-state index contributed by atoms with van der Waals surface area (Å²) < 4.78 is 0. The van der Waals surface area contributed by atoms with Crippen LogP contribution in [0.15, 0.2) is 78.9 Å². The van der Waals surface area contributed by atoms with Crippen LogP contribution in [0.2, 0.25) is 5.02 Å². The molecule has 2 fully saturated rings. The van der Waals surface area contributed by atoms with Gasteiger partial charge in [-0.15, -0.1) is 0 Å². The molecular formula is C25H21ClN2O3. The van der Waals surface area contributed by atoms with Crippen molar-refractivity contribution in [3.8, 4) is 0 Å². The van der Waals surface area contributed by atoms with Gasteiger partial charge < -0.3 is 0 Å². The van der Waals surface area contributed by atoms with Crippen LogP contribution in [0.5, 0.6) is 0 Å². The van der Waals surface area contributed by atoms with Gasteiger partial charge in [0.25, 0.3) is 5.91 Å². The van der Waals surface area contributed by atoms with Gasteiger partial charge in [-0.05, 0) is 55.8 Å². The number of carbonyl (C=O) groups is 2. The number of para-hydroxylation sites is 1. The third kappa shape index (κ3) is 2.96. The van der Waals surface area contributed by atoms with Crippen LogP contribution in [-0.4, -0.2) is 17.9 Å². The highest BCUT2D eigenvalue weighted by Gasteiger charge is 2.68. The zero-order chi connectivity index (χ0) is 21.8. The van der Waals surface area contributed by atoms with E-state index in [1.165, 1.54) is 4.90 Å². The van der Waals surface area contributed by atoms with Crippen LogP contribution in [0.1, 0.15) is 24.1 Å². The number of fused-ring (bicyclic) bond motifs is 1. The van der Waals surface area contributed by atoms with Crippen LogP contribution in [0.4, 0.5) is 11.4 Å². The van der Waals surface area contributed by atoms with Crippen molar-refractivity contribution >= 4 is 34.8 Å². The van der Waals surface area contributed by atoms with Crippen LogP contribution in [0.25, 0.3) is 0 Å². The number of benzene rings is 3. The number of hydrogen-bond acceptors (Lipinski definition) is 4. The maximum absolute atomic E-state index is 13.8. The molecule has 2 amide bonds. The minimum Gasteiger partial charge on any atom is -0.273 e. The summed E-state index contributed by atoms with van der Waals surface area (Å²) in [5.74, 6) is -0.654. The number of carbonyl (C=O) groups excluding carboxylic acids is 2. The number of hydroxylamine groups is 1. The van der Waals surface area contributed by atoms with Gasteiger partial charge >= 0.3 is 0 Å². The molecule has 2 aliphatic rings. The zero-order valence-corrected chi connectivity index (χ0v) is 17.9. The maximum atomic E-state index is 13.8. The fraction of sp³-hybridized carbons (Fsp3) is 0.200. The third-order valence-corrected chi connectivity index (χ3v) is 6.42. The van der Waals surface area contributed by atoms with Gasteiger partial charge in [0.05, 0.1) is 17.4 Å². The van der Waals surface area contributed by atoms with Gasteiger partial charge in [0.2, 0.25) is 5.91 Å². The molecule has 2 heterocycles. The van der Waals surface area contributed by atoms with Gasteiger partial charge in [-0.3, -0.25) is 14.4 Å². The van der Waals surface area contributed by atoms with Crippen molar-refractivity contribution in [3.63, 3.8) is 0 Å². The number of aryl methyl sites for hydroxylation is 1. The van der Waals surface area contributed by atoms with Crippen molar-refractivity contribution in [2.24, 2.45) is 5.41 Å². The first-order valence-corrected chi connectivity index (χ1v) is 10.5. The molecule has 0 aromatic heterocycles. The third-order valence-electron chi connectivity index (χ3n) is 6.16. The Bertz CT molecular complexity index is 1150. The average molecular weight is 433 g/mol. The average Bonchev–Trinajstić information content (AvgIpc) is 3.19. The molecule has 2 aliphatic heterocycles. The molecule has 3 atom stereocenters. The smallest absolute Gasteiger partial charge is 0.266 e. The minimum absolute atomic E-state index is 0.283. The largest absolute Gasteiger partial charge is 0.273 e. The molecule has 5 nitrogen and oxygen atoms in total. The summed E-state index contributed by atoms with van der Waals surface area (Å²) in [5, 5.41) is 2.25. The van der Waals surface area contributed by atoms with Gasteiger partial charge in [-0.25, -0.2) is 9.96 Å². The van der Waals surface area contributed by atoms with Crippen molar-refractivity contribution < 1.29 is 14.4 Å². The number of imide groups is 1. The molecule has 0 radical (unpaired) electrons. The molecule has 0 spiro atoms. The molecule has 3 aromatic carbocycles. The summed E-state index contributed by atoms with van der Waals surface area (Å²) in [6.45, 7) is 3.84. The van der Waals surface area contributed by atoms with Gasteiger partial charge in [0.15, 0.2) is 6.10 Å². The van der Waals surface area contributed by atoms with E-state index in [1.54, 1.807) is 29.3 Å². The van der Waals surface area contributed by atoms with Crippen LogP contribution in [-0.2, 0) is 14.4 Å². The molecular weight excluding hydrogens is 412 g/mol. The maximum Gasteiger partial charge on any atom is 0.266 e. The van der Waals surface area contributed by atoms with Crippen molar-refractivity contribution in [1.29, 1.82) is 0 Å². The number of hydrogen-bond donors (Lipinski definition) is 0. The Balaban J connectivity index is 1.63. The van der Waals surface area contributed by atoms with Crippen molar-refractivity contribution in [2.45, 2.75) is 26.0 Å². The fourth-order valence-corrected chi connectivity index (χ4v) is 4.64. The highest BCUT2D eigenvalue weighted by molar-refractivity contribution is 6.31. The first kappa shape index (κ1) is 19.8. The van der Waals surface area contributed by atoms with Crippen LogP contribution >= 0.6 is 11.6 Å². The number of amides is 2. The van der Waals surface area contributed by atoms with E-state index in [0.717, 1.165) is 16.8 Å². The molecule has 2 saturated heterocycles. The van der Waals surface area contributed by atoms with E-state index in [2.05, 4.69) is 0 Å². The van der Waals surface area contributed by atoms with E-state index < -0.39 is 17.6 Å². The first-order valence-electron chi connectivity index (χ1n) is 10.1. The molecule has 0 saturated carbocycles. The quantitative estimate of drug-likeness (QED) is 0.541. The van der Waals surface area contributed by atoms with Crippen molar-refractivity contribution in [2.75, 3.05) is 9.96 Å². The predicted octanol–water partition coefficient (Wildman–Crippen LogP) is 5.09. The lowest BCUT2D eigenvalue weighted by Crippen LogP contribution is -2.41. The second kappa shape index (κ2) is 7.22. The summed E-state index contributed by atoms with van der Waals surface area (Å²) in [5.41, 5.74) is 2.22. The molecule has 31 heavy (non-hydrogen) atoms. The number of rotatable bonds is 3. The summed E-state index contributed by atoms with van der Waals surface area (Å²) in [4.78, 5) is 34.7. The Labute approximate surface area is 185 Å². The molecule has 0 bridgehead atoms. The summed E-state index contributed by atoms with van der Waals surface area (Å²) >= 11 is 6.00. The standard InChI is InChI=1S/C25H21ClN2O3/c1-16-8-10-17(11-9-16)21-25(2)22(31-28(21)20-6-4-3-5-7-20)23(29)27(24(25)30)19-14-12-18(26)13-15-19/h3-15,21-22H,1-2H3. The normalized spacial score (nSPS) is 25.3. The van der Waals surface area contributed by atoms with Crippen LogP contribution in [0, 0.1) is 12.3 Å². The van der Waals surface area contributed by atoms with Gasteiger partial charge in [0.1, 0.15) is 5.41 Å². The van der Waals surface area contributed by atoms with Gasteiger partial charge in [-0.2, -0.15) is 0 Å². The van der Waals surface area contributed by atoms with E-state index in [1.807, 2.05) is 68.4 Å². The lowest BCUT2D eigenvalue weighted by atomic mass is 9.76. The highest BCUT2D eigenvalue weighted by atomic mass is 35.5. The Morgan fingerprint density at radius 2 is 1.52 bits per heavy atom. The summed E-state index contributed by atoms with van der Waals surface area (Å²) in [6, 6.07) is 23.8. The SMILES string of the molecule is Cc1ccc(C2N(c3ccccc3)OC3C(=O)N(c4ccc(Cl)cc4)C(=O)C32C)cc1. The van der Waals surface area contributed by atoms with Gasteiger partial charge in [-0.1, -0.05) is 59.6 Å². The van der Waals surface area contributed by atoms with E-state index >= 15 is 0 Å². The molecule has 3 aromatic rings. The Kier molecular flexibility index (Phi) is 4.61. The van der Waals surface area contributed by atoms with Crippen LogP contribution < -0.4 is 9.96 Å². The van der Waals surface area contributed by atoms with Crippen molar-refractivity contribution in [3.05, 3.63) is 95.0 Å². The predicted molar refractivity (Wildman–Crippen MR) is 120 cm³/mol. The zero-order valence-electron chi connectivity index (χ0n) is 17.2. The molecule has 3 unspecified atom stereocenters. The second-order valence-corrected chi connectivity index (χ2v) is 8.63. The summed E-state index contributed by atoms with van der Waals surface area (Å²) in [6.07, 6.45) is -0.929. The number of halogens is 1. The highest BCUT2D eigenvalue weighted by Crippen LogP contribution is 2.55.